The van der Waals surface area contributed by atoms with Crippen LogP contribution in [0.2, 0.25) is 0 Å². The number of fused-ring (bicyclic) bond motifs is 1. The monoisotopic (exact) mass is 577 g/mol. The Labute approximate surface area is 245 Å². The molecule has 0 unspecified atom stereocenters. The molecule has 0 fully saturated rings. The zero-order valence-corrected chi connectivity index (χ0v) is 23.9. The molecule has 2 N–H and O–H groups in total. The van der Waals surface area contributed by atoms with Gasteiger partial charge < -0.3 is 4.74 Å². The number of sulfonamides is 1. The largest absolute Gasteiger partial charge is 0.489 e. The molecule has 0 spiro atoms. The lowest BCUT2D eigenvalue weighted by atomic mass is 10.1. The summed E-state index contributed by atoms with van der Waals surface area (Å²) in [5.41, 5.74) is 6.05. The molecule has 0 aromatic heterocycles. The van der Waals surface area contributed by atoms with Crippen LogP contribution in [0.25, 0.3) is 10.8 Å². The van der Waals surface area contributed by atoms with E-state index in [9.17, 15) is 13.2 Å². The highest BCUT2D eigenvalue weighted by Crippen LogP contribution is 2.18. The standard InChI is InChI=1S/C34H31N3O4S/c1-25-11-19-32(20-12-25)42(39,40)37-33(22-26-7-3-2-4-8-26)34(38)36-35-23-27-14-17-31(18-15-27)41-24-28-13-16-29-9-5-6-10-30(29)21-28/h2-21,23,33,37H,22,24H2,1H3,(H,36,38)/b35-23-/t33-/m1/s1. The van der Waals surface area contributed by atoms with Crippen LogP contribution in [0.15, 0.2) is 131 Å². The molecule has 0 aliphatic rings. The van der Waals surface area contributed by atoms with Crippen molar-refractivity contribution in [3.8, 4) is 5.75 Å². The van der Waals surface area contributed by atoms with Gasteiger partial charge in [-0.1, -0.05) is 84.4 Å². The summed E-state index contributed by atoms with van der Waals surface area (Å²) in [5.74, 6) is 0.138. The van der Waals surface area contributed by atoms with E-state index in [1.54, 1.807) is 12.1 Å². The third kappa shape index (κ3) is 7.69. The number of nitrogens with zero attached hydrogens (tertiary/aromatic N) is 1. The first-order chi connectivity index (χ1) is 20.4. The number of ether oxygens (including phenoxy) is 1. The summed E-state index contributed by atoms with van der Waals surface area (Å²) in [5, 5.41) is 6.43. The molecule has 0 aliphatic carbocycles. The fourth-order valence-electron chi connectivity index (χ4n) is 4.40. The number of nitrogens with one attached hydrogen (secondary N) is 2. The van der Waals surface area contributed by atoms with E-state index in [1.165, 1.54) is 29.1 Å². The van der Waals surface area contributed by atoms with Crippen molar-refractivity contribution < 1.29 is 17.9 Å². The van der Waals surface area contributed by atoms with Gasteiger partial charge in [0.1, 0.15) is 18.4 Å². The van der Waals surface area contributed by atoms with Crippen molar-refractivity contribution in [1.29, 1.82) is 0 Å². The second-order valence-electron chi connectivity index (χ2n) is 9.95. The Morgan fingerprint density at radius 3 is 2.24 bits per heavy atom. The predicted molar refractivity (Wildman–Crippen MR) is 166 cm³/mol. The molecule has 8 heteroatoms. The van der Waals surface area contributed by atoms with Gasteiger partial charge in [0.2, 0.25) is 10.0 Å². The molecule has 5 rings (SSSR count). The molecule has 1 amide bonds. The van der Waals surface area contributed by atoms with Gasteiger partial charge in [0.05, 0.1) is 11.1 Å². The van der Waals surface area contributed by atoms with Crippen molar-refractivity contribution in [3.63, 3.8) is 0 Å². The Hall–Kier alpha value is -4.79. The minimum atomic E-state index is -3.94. The molecule has 0 saturated carbocycles. The van der Waals surface area contributed by atoms with Crippen LogP contribution in [0.1, 0.15) is 22.3 Å². The quantitative estimate of drug-likeness (QED) is 0.154. The summed E-state index contributed by atoms with van der Waals surface area (Å²) in [6.07, 6.45) is 1.66. The molecule has 0 bridgehead atoms. The summed E-state index contributed by atoms with van der Waals surface area (Å²) in [6, 6.07) is 36.4. The van der Waals surface area contributed by atoms with Crippen LogP contribution in [0.3, 0.4) is 0 Å². The van der Waals surface area contributed by atoms with Crippen molar-refractivity contribution >= 4 is 32.9 Å². The molecule has 42 heavy (non-hydrogen) atoms. The zero-order valence-electron chi connectivity index (χ0n) is 23.1. The van der Waals surface area contributed by atoms with Crippen molar-refractivity contribution in [2.24, 2.45) is 5.10 Å². The Kier molecular flexibility index (Phi) is 9.06. The average molecular weight is 578 g/mol. The van der Waals surface area contributed by atoms with Crippen molar-refractivity contribution in [2.75, 3.05) is 0 Å². The number of hydrazone groups is 1. The van der Waals surface area contributed by atoms with Gasteiger partial charge in [-0.15, -0.1) is 0 Å². The zero-order chi connectivity index (χ0) is 29.4. The van der Waals surface area contributed by atoms with Crippen molar-refractivity contribution in [1.82, 2.24) is 10.1 Å². The van der Waals surface area contributed by atoms with Gasteiger partial charge in [-0.25, -0.2) is 13.8 Å². The van der Waals surface area contributed by atoms with Gasteiger partial charge in [0.25, 0.3) is 5.91 Å². The number of rotatable bonds is 11. The van der Waals surface area contributed by atoms with Gasteiger partial charge in [0.15, 0.2) is 0 Å². The maximum atomic E-state index is 13.1. The molecular weight excluding hydrogens is 546 g/mol. The molecule has 0 radical (unpaired) electrons. The number of hydrogen-bond acceptors (Lipinski definition) is 5. The maximum absolute atomic E-state index is 13.1. The van der Waals surface area contributed by atoms with Crippen LogP contribution in [-0.2, 0) is 27.8 Å². The topological polar surface area (TPSA) is 96.9 Å². The van der Waals surface area contributed by atoms with E-state index in [4.69, 9.17) is 4.74 Å². The number of hydrogen-bond donors (Lipinski definition) is 2. The molecule has 212 valence electrons. The number of carbonyl (C=O) groups is 1. The lowest BCUT2D eigenvalue weighted by Gasteiger charge is -2.17. The fraction of sp³-hybridized carbons (Fsp3) is 0.118. The van der Waals surface area contributed by atoms with Crippen LogP contribution in [0.4, 0.5) is 0 Å². The molecular formula is C34H31N3O4S. The van der Waals surface area contributed by atoms with E-state index in [0.29, 0.717) is 12.4 Å². The van der Waals surface area contributed by atoms with E-state index in [1.807, 2.05) is 73.7 Å². The van der Waals surface area contributed by atoms with Crippen LogP contribution < -0.4 is 14.9 Å². The SMILES string of the molecule is Cc1ccc(S(=O)(=O)N[C@H](Cc2ccccc2)C(=O)N/N=C\c2ccc(OCc3ccc4ccccc4c3)cc2)cc1. The number of aryl methyl sites for hydroxylation is 1. The van der Waals surface area contributed by atoms with E-state index in [-0.39, 0.29) is 11.3 Å². The lowest BCUT2D eigenvalue weighted by molar-refractivity contribution is -0.122. The fourth-order valence-corrected chi connectivity index (χ4v) is 5.60. The van der Waals surface area contributed by atoms with E-state index >= 15 is 0 Å². The first-order valence-electron chi connectivity index (χ1n) is 13.5. The summed E-state index contributed by atoms with van der Waals surface area (Å²) >= 11 is 0. The third-order valence-electron chi connectivity index (χ3n) is 6.72. The third-order valence-corrected chi connectivity index (χ3v) is 8.20. The molecule has 1 atom stereocenters. The van der Waals surface area contributed by atoms with Crippen molar-refractivity contribution in [3.05, 3.63) is 144 Å². The molecule has 0 heterocycles. The second-order valence-corrected chi connectivity index (χ2v) is 11.7. The first kappa shape index (κ1) is 28.7. The lowest BCUT2D eigenvalue weighted by Crippen LogP contribution is -2.46. The maximum Gasteiger partial charge on any atom is 0.258 e. The highest BCUT2D eigenvalue weighted by atomic mass is 32.2. The van der Waals surface area contributed by atoms with E-state index < -0.39 is 22.0 Å². The molecule has 7 nitrogen and oxygen atoms in total. The normalized spacial score (nSPS) is 12.3. The minimum absolute atomic E-state index is 0.0883. The summed E-state index contributed by atoms with van der Waals surface area (Å²) in [4.78, 5) is 13.2. The number of benzene rings is 5. The molecule has 0 saturated heterocycles. The van der Waals surface area contributed by atoms with Crippen molar-refractivity contribution in [2.45, 2.75) is 30.9 Å². The van der Waals surface area contributed by atoms with Crippen LogP contribution in [-0.4, -0.2) is 26.6 Å². The van der Waals surface area contributed by atoms with Gasteiger partial charge in [-0.3, -0.25) is 4.79 Å². The highest BCUT2D eigenvalue weighted by molar-refractivity contribution is 7.89. The van der Waals surface area contributed by atoms with Crippen LogP contribution >= 0.6 is 0 Å². The van der Waals surface area contributed by atoms with Crippen LogP contribution in [0.5, 0.6) is 5.75 Å². The Balaban J connectivity index is 1.20. The number of amides is 1. The molecule has 5 aromatic carbocycles. The first-order valence-corrected chi connectivity index (χ1v) is 15.0. The van der Waals surface area contributed by atoms with Gasteiger partial charge >= 0.3 is 0 Å². The van der Waals surface area contributed by atoms with E-state index in [0.717, 1.165) is 22.3 Å². The van der Waals surface area contributed by atoms with Gasteiger partial charge in [-0.2, -0.15) is 9.82 Å². The molecule has 0 aliphatic heterocycles. The average Bonchev–Trinajstić information content (AvgIpc) is 3.01. The predicted octanol–water partition coefficient (Wildman–Crippen LogP) is 5.77. The Morgan fingerprint density at radius 1 is 0.810 bits per heavy atom. The minimum Gasteiger partial charge on any atom is -0.489 e. The highest BCUT2D eigenvalue weighted by Gasteiger charge is 2.26. The summed E-state index contributed by atoms with van der Waals surface area (Å²) in [6.45, 7) is 2.32. The molecule has 5 aromatic rings. The summed E-state index contributed by atoms with van der Waals surface area (Å²) < 4.78 is 34.5. The second kappa shape index (κ2) is 13.2. The smallest absolute Gasteiger partial charge is 0.258 e. The van der Waals surface area contributed by atoms with Gasteiger partial charge in [0, 0.05) is 0 Å². The Bertz CT molecular complexity index is 1790. The van der Waals surface area contributed by atoms with Gasteiger partial charge in [-0.05, 0) is 83.3 Å². The van der Waals surface area contributed by atoms with Crippen LogP contribution in [0, 0.1) is 6.92 Å². The van der Waals surface area contributed by atoms with E-state index in [2.05, 4.69) is 45.6 Å². The number of carbonyl (C=O) groups excluding carboxylic acids is 1. The summed E-state index contributed by atoms with van der Waals surface area (Å²) in [7, 11) is -3.94. The Morgan fingerprint density at radius 2 is 1.50 bits per heavy atom.